The van der Waals surface area contributed by atoms with Crippen LogP contribution >= 0.6 is 0 Å². The number of hydrogen-bond acceptors (Lipinski definition) is 2. The third kappa shape index (κ3) is 7.90. The van der Waals surface area contributed by atoms with Crippen molar-refractivity contribution < 1.29 is 0 Å². The Balaban J connectivity index is 4.80. The van der Waals surface area contributed by atoms with Crippen molar-refractivity contribution in [1.29, 1.82) is 0 Å². The van der Waals surface area contributed by atoms with E-state index in [9.17, 15) is 0 Å². The summed E-state index contributed by atoms with van der Waals surface area (Å²) in [6, 6.07) is 1.36. The van der Waals surface area contributed by atoms with Crippen LogP contribution in [0.25, 0.3) is 0 Å². The molecule has 0 aliphatic heterocycles. The highest BCUT2D eigenvalue weighted by molar-refractivity contribution is 6.41. The third-order valence-electron chi connectivity index (χ3n) is 3.52. The minimum atomic E-state index is -0.0987. The van der Waals surface area contributed by atoms with Gasteiger partial charge in [-0.3, -0.25) is 9.80 Å². The quantitative estimate of drug-likeness (QED) is 0.378. The summed E-state index contributed by atoms with van der Waals surface area (Å²) in [4.78, 5) is 5.45. The molecule has 0 saturated carbocycles. The van der Waals surface area contributed by atoms with Gasteiger partial charge in [0.2, 0.25) is 0 Å². The molecule has 0 amide bonds. The lowest BCUT2D eigenvalue weighted by atomic mass is 10.2. The minimum Gasteiger partial charge on any atom is -0.288 e. The Morgan fingerprint density at radius 1 is 0.842 bits per heavy atom. The van der Waals surface area contributed by atoms with E-state index in [1.54, 1.807) is 0 Å². The van der Waals surface area contributed by atoms with Crippen molar-refractivity contribution in [3.63, 3.8) is 0 Å². The molecule has 0 atom stereocenters. The number of hydrogen-bond donors (Lipinski definition) is 0. The summed E-state index contributed by atoms with van der Waals surface area (Å²) in [5, 5.41) is 0. The fourth-order valence-corrected chi connectivity index (χ4v) is 4.10. The molecule has 0 aromatic heterocycles. The van der Waals surface area contributed by atoms with E-state index in [4.69, 9.17) is 0 Å². The smallest absolute Gasteiger partial charge is 0.0595 e. The van der Waals surface area contributed by atoms with Crippen LogP contribution in [0.4, 0.5) is 0 Å². The van der Waals surface area contributed by atoms with Gasteiger partial charge in [0.05, 0.1) is 6.17 Å². The van der Waals surface area contributed by atoms with Crippen LogP contribution in [0.5, 0.6) is 0 Å². The summed E-state index contributed by atoms with van der Waals surface area (Å²) in [6.07, 6.45) is 5.72. The van der Waals surface area contributed by atoms with Gasteiger partial charge in [0.1, 0.15) is 0 Å². The van der Waals surface area contributed by atoms with Crippen LogP contribution in [0.1, 0.15) is 53.4 Å². The topological polar surface area (TPSA) is 6.48 Å². The van der Waals surface area contributed by atoms with Gasteiger partial charge < -0.3 is 0 Å². The number of nitrogens with zero attached hydrogens (tertiary/aromatic N) is 2. The van der Waals surface area contributed by atoms with Gasteiger partial charge in [0, 0.05) is 9.52 Å². The molecule has 3 heteroatoms. The molecule has 0 rings (SSSR count). The van der Waals surface area contributed by atoms with E-state index in [2.05, 4.69) is 49.8 Å². The van der Waals surface area contributed by atoms with E-state index in [-0.39, 0.29) is 9.52 Å². The predicted molar refractivity (Wildman–Crippen MR) is 91.6 cm³/mol. The Hall–Kier alpha value is -0.123. The molecule has 0 bridgehead atoms. The summed E-state index contributed by atoms with van der Waals surface area (Å²) in [7, 11) is -0.0987. The SMILES string of the molecule is C=C[SiH2]CC(N(CCC)CCC)N(CCC)CCC. The average molecular weight is 285 g/mol. The maximum Gasteiger partial charge on any atom is 0.0595 e. The molecule has 0 aliphatic carbocycles. The fraction of sp³-hybridized carbons (Fsp3) is 0.875. The highest BCUT2D eigenvalue weighted by Gasteiger charge is 2.22. The minimum absolute atomic E-state index is 0.0987. The lowest BCUT2D eigenvalue weighted by Gasteiger charge is -2.40. The molecule has 0 unspecified atom stereocenters. The molecular weight excluding hydrogens is 248 g/mol. The Morgan fingerprint density at radius 2 is 1.21 bits per heavy atom. The fourth-order valence-electron chi connectivity index (χ4n) is 2.83. The van der Waals surface area contributed by atoms with Crippen LogP contribution in [0.2, 0.25) is 6.04 Å². The van der Waals surface area contributed by atoms with E-state index < -0.39 is 0 Å². The zero-order valence-electron chi connectivity index (χ0n) is 13.8. The van der Waals surface area contributed by atoms with Crippen LogP contribution in [-0.2, 0) is 0 Å². The molecule has 114 valence electrons. The van der Waals surface area contributed by atoms with E-state index in [1.165, 1.54) is 57.9 Å². The predicted octanol–water partition coefficient (Wildman–Crippen LogP) is 3.29. The van der Waals surface area contributed by atoms with Gasteiger partial charge in [0.15, 0.2) is 0 Å². The van der Waals surface area contributed by atoms with Gasteiger partial charge in [-0.15, -0.1) is 12.3 Å². The maximum atomic E-state index is 3.96. The average Bonchev–Trinajstić information content (AvgIpc) is 2.40. The molecule has 0 fully saturated rings. The van der Waals surface area contributed by atoms with Crippen LogP contribution in [0, 0.1) is 0 Å². The maximum absolute atomic E-state index is 3.96. The molecule has 0 spiro atoms. The standard InChI is InChI=1S/C16H36N2Si/c1-6-11-17(12-7-2)16(15-19-10-5)18(13-8-3)14-9-4/h10,16H,5-9,11-15,19H2,1-4H3. The van der Waals surface area contributed by atoms with Crippen molar-refractivity contribution in [2.45, 2.75) is 65.6 Å². The highest BCUT2D eigenvalue weighted by atomic mass is 28.2. The molecule has 0 N–H and O–H groups in total. The molecule has 0 aromatic rings. The molecular formula is C16H36N2Si. The van der Waals surface area contributed by atoms with Gasteiger partial charge in [-0.1, -0.05) is 27.7 Å². The summed E-state index contributed by atoms with van der Waals surface area (Å²) in [5.74, 6) is 0. The van der Waals surface area contributed by atoms with Gasteiger partial charge in [-0.2, -0.15) is 0 Å². The van der Waals surface area contributed by atoms with Crippen molar-refractivity contribution in [2.24, 2.45) is 0 Å². The second-order valence-corrected chi connectivity index (χ2v) is 7.15. The van der Waals surface area contributed by atoms with E-state index >= 15 is 0 Å². The zero-order valence-corrected chi connectivity index (χ0v) is 15.2. The van der Waals surface area contributed by atoms with Crippen molar-refractivity contribution in [1.82, 2.24) is 9.80 Å². The van der Waals surface area contributed by atoms with Crippen molar-refractivity contribution in [3.8, 4) is 0 Å². The second kappa shape index (κ2) is 12.9. The Morgan fingerprint density at radius 3 is 1.47 bits per heavy atom. The Kier molecular flexibility index (Phi) is 12.8. The summed E-state index contributed by atoms with van der Waals surface area (Å²) >= 11 is 0. The Bertz CT molecular complexity index is 181. The lowest BCUT2D eigenvalue weighted by molar-refractivity contribution is 0.0544. The van der Waals surface area contributed by atoms with E-state index in [0.29, 0.717) is 6.17 Å². The third-order valence-corrected chi connectivity index (χ3v) is 4.77. The van der Waals surface area contributed by atoms with Crippen molar-refractivity contribution in [3.05, 3.63) is 12.3 Å². The van der Waals surface area contributed by atoms with Crippen LogP contribution in [0.15, 0.2) is 12.3 Å². The molecule has 0 saturated heterocycles. The lowest BCUT2D eigenvalue weighted by Crippen LogP contribution is -2.50. The van der Waals surface area contributed by atoms with Gasteiger partial charge >= 0.3 is 0 Å². The Labute approximate surface area is 124 Å². The van der Waals surface area contributed by atoms with Gasteiger partial charge in [-0.25, -0.2) is 0 Å². The molecule has 0 aromatic carbocycles. The molecule has 19 heavy (non-hydrogen) atoms. The van der Waals surface area contributed by atoms with E-state index in [1.807, 2.05) is 0 Å². The van der Waals surface area contributed by atoms with Crippen LogP contribution in [-0.4, -0.2) is 51.7 Å². The molecule has 2 nitrogen and oxygen atoms in total. The zero-order chi connectivity index (χ0) is 14.5. The van der Waals surface area contributed by atoms with Crippen molar-refractivity contribution >= 4 is 9.52 Å². The highest BCUT2D eigenvalue weighted by Crippen LogP contribution is 2.14. The first-order valence-electron chi connectivity index (χ1n) is 8.33. The first kappa shape index (κ1) is 18.9. The number of rotatable bonds is 13. The second-order valence-electron chi connectivity index (χ2n) is 5.42. The van der Waals surface area contributed by atoms with Gasteiger partial charge in [0.25, 0.3) is 0 Å². The van der Waals surface area contributed by atoms with Crippen LogP contribution in [0.3, 0.4) is 0 Å². The summed E-state index contributed by atoms with van der Waals surface area (Å²) in [6.45, 7) is 18.1. The monoisotopic (exact) mass is 284 g/mol. The van der Waals surface area contributed by atoms with Crippen LogP contribution < -0.4 is 0 Å². The molecule has 0 radical (unpaired) electrons. The summed E-state index contributed by atoms with van der Waals surface area (Å²) < 4.78 is 0. The first-order valence-corrected chi connectivity index (χ1v) is 10.2. The summed E-state index contributed by atoms with van der Waals surface area (Å²) in [5.41, 5.74) is 2.21. The van der Waals surface area contributed by atoms with Crippen molar-refractivity contribution in [2.75, 3.05) is 26.2 Å². The molecule has 0 aliphatic rings. The molecule has 0 heterocycles. The normalized spacial score (nSPS) is 12.4. The van der Waals surface area contributed by atoms with E-state index in [0.717, 1.165) is 0 Å². The van der Waals surface area contributed by atoms with Gasteiger partial charge in [-0.05, 0) is 57.9 Å². The first-order chi connectivity index (χ1) is 9.24. The largest absolute Gasteiger partial charge is 0.288 e.